The Bertz CT molecular complexity index is 150. The van der Waals surface area contributed by atoms with Crippen molar-refractivity contribution in [2.75, 3.05) is 0 Å². The molecule has 1 aromatic carbocycles. The molecule has 8 heavy (non-hydrogen) atoms. The average molecular weight is 185 g/mol. The van der Waals surface area contributed by atoms with Crippen molar-refractivity contribution in [2.45, 2.75) is 0 Å². The molecule has 0 unspecified atom stereocenters. The number of benzene rings is 1. The SMILES string of the molecule is S[As]c1ccccc1. The standard InChI is InChI=1S/C6H6AsS/c8-7-6-4-2-1-3-5-6/h1-5,8H. The van der Waals surface area contributed by atoms with E-state index < -0.39 is 0 Å². The zero-order chi connectivity index (χ0) is 5.82. The van der Waals surface area contributed by atoms with Crippen LogP contribution in [-0.4, -0.2) is 14.6 Å². The van der Waals surface area contributed by atoms with Gasteiger partial charge in [-0.2, -0.15) is 0 Å². The van der Waals surface area contributed by atoms with E-state index in [2.05, 4.69) is 23.0 Å². The molecule has 0 saturated heterocycles. The van der Waals surface area contributed by atoms with E-state index in [0.29, 0.717) is 0 Å². The summed E-state index contributed by atoms with van der Waals surface area (Å²) in [6.07, 6.45) is 0. The maximum absolute atomic E-state index is 4.20. The summed E-state index contributed by atoms with van der Waals surface area (Å²) in [7, 11) is 4.20. The Labute approximate surface area is 60.4 Å². The quantitative estimate of drug-likeness (QED) is 0.487. The molecule has 1 radical (unpaired) electrons. The Morgan fingerprint density at radius 2 is 1.75 bits per heavy atom. The summed E-state index contributed by atoms with van der Waals surface area (Å²) < 4.78 is 1.37. The van der Waals surface area contributed by atoms with Crippen LogP contribution in [0.2, 0.25) is 0 Å². The molecule has 0 aliphatic heterocycles. The van der Waals surface area contributed by atoms with Gasteiger partial charge >= 0.3 is 60.2 Å². The second-order valence-corrected chi connectivity index (χ2v) is 3.98. The minimum absolute atomic E-state index is 0.126. The molecule has 0 spiro atoms. The third-order valence-corrected chi connectivity index (χ3v) is 3.18. The van der Waals surface area contributed by atoms with Gasteiger partial charge in [-0.05, 0) is 0 Å². The van der Waals surface area contributed by atoms with Gasteiger partial charge in [0.05, 0.1) is 0 Å². The molecule has 0 nitrogen and oxygen atoms in total. The van der Waals surface area contributed by atoms with Gasteiger partial charge in [-0.3, -0.25) is 0 Å². The van der Waals surface area contributed by atoms with Crippen LogP contribution in [-0.2, 0) is 0 Å². The molecule has 0 aromatic heterocycles. The normalized spacial score (nSPS) is 10.6. The zero-order valence-corrected chi connectivity index (χ0v) is 7.05. The van der Waals surface area contributed by atoms with E-state index in [1.807, 2.05) is 18.2 Å². The Balaban J connectivity index is 2.83. The van der Waals surface area contributed by atoms with Gasteiger partial charge < -0.3 is 0 Å². The number of hydrogen-bond acceptors (Lipinski definition) is 1. The van der Waals surface area contributed by atoms with Gasteiger partial charge in [-0.1, -0.05) is 0 Å². The molecule has 41 valence electrons. The van der Waals surface area contributed by atoms with Crippen LogP contribution in [0, 0.1) is 0 Å². The molecule has 0 fully saturated rings. The van der Waals surface area contributed by atoms with Crippen molar-refractivity contribution < 1.29 is 0 Å². The fourth-order valence-corrected chi connectivity index (χ4v) is 1.83. The van der Waals surface area contributed by atoms with E-state index in [1.54, 1.807) is 0 Å². The van der Waals surface area contributed by atoms with Crippen LogP contribution in [0.3, 0.4) is 0 Å². The molecule has 0 atom stereocenters. The van der Waals surface area contributed by atoms with Crippen LogP contribution in [0.4, 0.5) is 0 Å². The summed E-state index contributed by atoms with van der Waals surface area (Å²) in [5, 5.41) is 0. The summed E-state index contributed by atoms with van der Waals surface area (Å²) in [4.78, 5) is 0. The molecule has 2 heteroatoms. The summed E-state index contributed by atoms with van der Waals surface area (Å²) in [5.74, 6) is 0. The monoisotopic (exact) mass is 185 g/mol. The number of thiol groups is 1. The van der Waals surface area contributed by atoms with Crippen molar-refractivity contribution in [2.24, 2.45) is 0 Å². The number of rotatable bonds is 1. The molecule has 0 amide bonds. The third-order valence-electron chi connectivity index (χ3n) is 0.872. The summed E-state index contributed by atoms with van der Waals surface area (Å²) >= 11 is 0.126. The van der Waals surface area contributed by atoms with E-state index >= 15 is 0 Å². The van der Waals surface area contributed by atoms with Crippen molar-refractivity contribution in [3.63, 3.8) is 0 Å². The molecule has 0 aliphatic carbocycles. The van der Waals surface area contributed by atoms with Gasteiger partial charge in [0, 0.05) is 0 Å². The fraction of sp³-hybridized carbons (Fsp3) is 0. The van der Waals surface area contributed by atoms with Crippen molar-refractivity contribution in [3.8, 4) is 0 Å². The summed E-state index contributed by atoms with van der Waals surface area (Å²) in [6, 6.07) is 10.3. The Kier molecular flexibility index (Phi) is 2.51. The van der Waals surface area contributed by atoms with Gasteiger partial charge in [0.2, 0.25) is 0 Å². The fourth-order valence-electron chi connectivity index (χ4n) is 0.495. The first-order valence-electron chi connectivity index (χ1n) is 2.33. The van der Waals surface area contributed by atoms with E-state index in [1.165, 1.54) is 4.35 Å². The van der Waals surface area contributed by atoms with Gasteiger partial charge in [0.25, 0.3) is 0 Å². The first-order valence-corrected chi connectivity index (χ1v) is 6.19. The molecule has 1 rings (SSSR count). The molecular formula is C6H6AsS. The molecule has 0 heterocycles. The summed E-state index contributed by atoms with van der Waals surface area (Å²) in [6.45, 7) is 0. The van der Waals surface area contributed by atoms with E-state index in [4.69, 9.17) is 0 Å². The summed E-state index contributed by atoms with van der Waals surface area (Å²) in [5.41, 5.74) is 0. The Morgan fingerprint density at radius 1 is 1.12 bits per heavy atom. The second kappa shape index (κ2) is 3.21. The predicted octanol–water partition coefficient (Wildman–Crippen LogP) is 0.861. The van der Waals surface area contributed by atoms with Crippen LogP contribution >= 0.6 is 10.9 Å². The Morgan fingerprint density at radius 3 is 2.12 bits per heavy atom. The van der Waals surface area contributed by atoms with Crippen LogP contribution in [0.25, 0.3) is 0 Å². The molecule has 0 N–H and O–H groups in total. The predicted molar refractivity (Wildman–Crippen MR) is 40.8 cm³/mol. The Hall–Kier alpha value is 0.128. The van der Waals surface area contributed by atoms with Crippen LogP contribution < -0.4 is 4.35 Å². The first kappa shape index (κ1) is 6.25. The molecule has 1 aromatic rings. The topological polar surface area (TPSA) is 0 Å². The van der Waals surface area contributed by atoms with E-state index in [-0.39, 0.29) is 14.6 Å². The van der Waals surface area contributed by atoms with Crippen molar-refractivity contribution >= 4 is 29.8 Å². The van der Waals surface area contributed by atoms with Crippen LogP contribution in [0.1, 0.15) is 0 Å². The van der Waals surface area contributed by atoms with Crippen molar-refractivity contribution in [1.82, 2.24) is 0 Å². The van der Waals surface area contributed by atoms with Crippen LogP contribution in [0.5, 0.6) is 0 Å². The minimum atomic E-state index is 0.126. The first-order chi connectivity index (χ1) is 3.93. The zero-order valence-electron chi connectivity index (χ0n) is 4.28. The third kappa shape index (κ3) is 1.57. The molecular weight excluding hydrogens is 179 g/mol. The maximum atomic E-state index is 4.20. The second-order valence-electron chi connectivity index (χ2n) is 1.44. The van der Waals surface area contributed by atoms with E-state index in [0.717, 1.165) is 0 Å². The van der Waals surface area contributed by atoms with Gasteiger partial charge in [0.15, 0.2) is 0 Å². The average Bonchev–Trinajstić information content (AvgIpc) is 1.90. The molecule has 0 aliphatic rings. The van der Waals surface area contributed by atoms with Gasteiger partial charge in [-0.15, -0.1) is 0 Å². The number of hydrogen-bond donors (Lipinski definition) is 1. The van der Waals surface area contributed by atoms with Gasteiger partial charge in [0.1, 0.15) is 0 Å². The van der Waals surface area contributed by atoms with E-state index in [9.17, 15) is 0 Å². The van der Waals surface area contributed by atoms with Crippen molar-refractivity contribution in [1.29, 1.82) is 0 Å². The molecule has 0 bridgehead atoms. The van der Waals surface area contributed by atoms with Crippen molar-refractivity contribution in [3.05, 3.63) is 30.3 Å². The van der Waals surface area contributed by atoms with Crippen LogP contribution in [0.15, 0.2) is 30.3 Å². The molecule has 0 saturated carbocycles. The van der Waals surface area contributed by atoms with Gasteiger partial charge in [-0.25, -0.2) is 0 Å².